The molecule has 2 aromatic carbocycles. The molecule has 7 nitrogen and oxygen atoms in total. The molecule has 3 aromatic rings. The number of pyridine rings is 1. The van der Waals surface area contributed by atoms with E-state index in [1.54, 1.807) is 13.3 Å². The van der Waals surface area contributed by atoms with Gasteiger partial charge in [0.25, 0.3) is 0 Å². The topological polar surface area (TPSA) is 67.6 Å². The Morgan fingerprint density at radius 1 is 1.00 bits per heavy atom. The zero-order valence-electron chi connectivity index (χ0n) is 23.7. The summed E-state index contributed by atoms with van der Waals surface area (Å²) >= 11 is 6.27. The highest BCUT2D eigenvalue weighted by atomic mass is 35.5. The van der Waals surface area contributed by atoms with E-state index in [9.17, 15) is 0 Å². The van der Waals surface area contributed by atoms with Crippen molar-refractivity contribution in [2.24, 2.45) is 10.9 Å². The molecule has 1 fully saturated rings. The van der Waals surface area contributed by atoms with Crippen LogP contribution < -0.4 is 15.4 Å². The number of aromatic nitrogens is 3. The Bertz CT molecular complexity index is 1690. The van der Waals surface area contributed by atoms with E-state index in [0.29, 0.717) is 16.8 Å². The van der Waals surface area contributed by atoms with E-state index < -0.39 is 0 Å². The third-order valence-corrected chi connectivity index (χ3v) is 7.77. The van der Waals surface area contributed by atoms with Gasteiger partial charge in [-0.05, 0) is 79.4 Å². The first-order valence-electron chi connectivity index (χ1n) is 14.2. The van der Waals surface area contributed by atoms with Crippen molar-refractivity contribution in [2.75, 3.05) is 32.1 Å². The highest BCUT2D eigenvalue weighted by molar-refractivity contribution is 6.30. The molecule has 6 rings (SSSR count). The van der Waals surface area contributed by atoms with Gasteiger partial charge in [0.05, 0.1) is 46.6 Å². The molecule has 41 heavy (non-hydrogen) atoms. The van der Waals surface area contributed by atoms with E-state index in [4.69, 9.17) is 26.3 Å². The van der Waals surface area contributed by atoms with Crippen LogP contribution >= 0.6 is 11.6 Å². The number of nitrogens with one attached hydrogen (secondary N) is 1. The van der Waals surface area contributed by atoms with Crippen molar-refractivity contribution in [1.82, 2.24) is 19.4 Å². The molecule has 0 radical (unpaired) electrons. The minimum atomic E-state index is 0.240. The number of ether oxygens (including phenoxy) is 1. The van der Waals surface area contributed by atoms with E-state index >= 15 is 0 Å². The third-order valence-electron chi connectivity index (χ3n) is 7.52. The minimum absolute atomic E-state index is 0.240. The Morgan fingerprint density at radius 3 is 2.54 bits per heavy atom. The van der Waals surface area contributed by atoms with Gasteiger partial charge in [-0.3, -0.25) is 4.99 Å². The first kappa shape index (κ1) is 27.2. The highest BCUT2D eigenvalue weighted by Crippen LogP contribution is 2.32. The summed E-state index contributed by atoms with van der Waals surface area (Å²) in [5.41, 5.74) is 6.43. The molecular formula is C33H35ClN6O. The van der Waals surface area contributed by atoms with Gasteiger partial charge in [0.2, 0.25) is 5.88 Å². The van der Waals surface area contributed by atoms with Crippen molar-refractivity contribution in [2.45, 2.75) is 32.7 Å². The monoisotopic (exact) mass is 566 g/mol. The molecule has 3 heterocycles. The predicted molar refractivity (Wildman–Crippen MR) is 167 cm³/mol. The summed E-state index contributed by atoms with van der Waals surface area (Å²) in [6.45, 7) is 7.83. The lowest BCUT2D eigenvalue weighted by atomic mass is 10.0. The zero-order chi connectivity index (χ0) is 28.3. The molecule has 0 saturated carbocycles. The van der Waals surface area contributed by atoms with E-state index in [-0.39, 0.29) is 6.04 Å². The summed E-state index contributed by atoms with van der Waals surface area (Å²) in [4.78, 5) is 17.4. The van der Waals surface area contributed by atoms with Gasteiger partial charge in [-0.1, -0.05) is 37.6 Å². The molecule has 0 unspecified atom stereocenters. The lowest BCUT2D eigenvalue weighted by Crippen LogP contribution is -2.38. The second-order valence-corrected chi connectivity index (χ2v) is 11.4. The van der Waals surface area contributed by atoms with Gasteiger partial charge < -0.3 is 19.5 Å². The number of halogens is 1. The fraction of sp³-hybridized carbons (Fsp3) is 0.303. The number of para-hydroxylation sites is 2. The standard InChI is InChI=1S/C33H35ClN6O/c1-22(2)21-39-17-14-24(15-18-39)36-29-20-32-30(19-28(29)38-27-8-6-16-35-33(27)41-3)37-26-7-4-5-9-31(26)40(32)25-12-10-23(34)11-13-25/h4-13,16,19-20,22,24,38H,14-15,17-18,21H2,1-3H3. The lowest BCUT2D eigenvalue weighted by Gasteiger charge is -2.31. The fourth-order valence-corrected chi connectivity index (χ4v) is 5.78. The van der Waals surface area contributed by atoms with Gasteiger partial charge >= 0.3 is 0 Å². The van der Waals surface area contributed by atoms with Crippen LogP contribution in [0.1, 0.15) is 26.7 Å². The third kappa shape index (κ3) is 5.92. The molecule has 210 valence electrons. The van der Waals surface area contributed by atoms with Gasteiger partial charge in [-0.25, -0.2) is 9.97 Å². The first-order chi connectivity index (χ1) is 20.0. The summed E-state index contributed by atoms with van der Waals surface area (Å²) in [5.74, 6) is 1.20. The predicted octanol–water partition coefficient (Wildman–Crippen LogP) is 6.95. The quantitative estimate of drug-likeness (QED) is 0.216. The van der Waals surface area contributed by atoms with Gasteiger partial charge in [0.15, 0.2) is 0 Å². The van der Waals surface area contributed by atoms with E-state index in [1.807, 2.05) is 54.6 Å². The number of methoxy groups -OCH3 is 1. The summed E-state index contributed by atoms with van der Waals surface area (Å²) in [7, 11) is 1.63. The van der Waals surface area contributed by atoms with Gasteiger partial charge in [-0.2, -0.15) is 0 Å². The van der Waals surface area contributed by atoms with Crippen molar-refractivity contribution in [3.8, 4) is 23.0 Å². The molecule has 1 N–H and O–H groups in total. The van der Waals surface area contributed by atoms with Crippen LogP contribution in [-0.2, 0) is 0 Å². The number of nitrogens with zero attached hydrogens (tertiary/aromatic N) is 5. The van der Waals surface area contributed by atoms with Crippen LogP contribution in [0.3, 0.4) is 0 Å². The highest BCUT2D eigenvalue weighted by Gasteiger charge is 2.21. The molecule has 1 saturated heterocycles. The van der Waals surface area contributed by atoms with Crippen LogP contribution in [0.15, 0.2) is 84.0 Å². The number of piperidine rings is 1. The van der Waals surface area contributed by atoms with Crippen molar-refractivity contribution in [1.29, 1.82) is 0 Å². The van der Waals surface area contributed by atoms with E-state index in [2.05, 4.69) is 51.8 Å². The number of likely N-dealkylation sites (tertiary alicyclic amines) is 1. The second kappa shape index (κ2) is 11.9. The maximum absolute atomic E-state index is 6.27. The average Bonchev–Trinajstić information content (AvgIpc) is 2.98. The summed E-state index contributed by atoms with van der Waals surface area (Å²) in [6, 6.07) is 24.5. The summed E-state index contributed by atoms with van der Waals surface area (Å²) in [6.07, 6.45) is 3.80. The Morgan fingerprint density at radius 2 is 1.78 bits per heavy atom. The Labute approximate surface area is 245 Å². The van der Waals surface area contributed by atoms with Crippen molar-refractivity contribution >= 4 is 34.0 Å². The van der Waals surface area contributed by atoms with E-state index in [1.165, 1.54) is 0 Å². The maximum Gasteiger partial charge on any atom is 0.237 e. The normalized spacial score (nSPS) is 15.2. The molecule has 0 atom stereocenters. The zero-order valence-corrected chi connectivity index (χ0v) is 24.5. The SMILES string of the molecule is COc1ncccc1Nc1cc2nc3ccccc3n(-c3ccc(Cl)cc3)c-2cc1=NC1CCN(CC(C)C)CC1. The second-order valence-electron chi connectivity index (χ2n) is 11.0. The first-order valence-corrected chi connectivity index (χ1v) is 14.6. The van der Waals surface area contributed by atoms with Crippen molar-refractivity contribution in [3.63, 3.8) is 0 Å². The minimum Gasteiger partial charge on any atom is -0.480 e. The average molecular weight is 567 g/mol. The number of anilines is 2. The Hall–Kier alpha value is -3.94. The fourth-order valence-electron chi connectivity index (χ4n) is 5.65. The molecule has 0 bridgehead atoms. The van der Waals surface area contributed by atoms with E-state index in [0.717, 1.165) is 77.3 Å². The summed E-state index contributed by atoms with van der Waals surface area (Å²) < 4.78 is 7.78. The smallest absolute Gasteiger partial charge is 0.237 e. The van der Waals surface area contributed by atoms with Crippen molar-refractivity contribution < 1.29 is 4.74 Å². The molecule has 1 aliphatic carbocycles. The molecule has 8 heteroatoms. The van der Waals surface area contributed by atoms with Crippen LogP contribution in [0, 0.1) is 5.92 Å². The van der Waals surface area contributed by atoms with Gasteiger partial charge in [-0.15, -0.1) is 0 Å². The summed E-state index contributed by atoms with van der Waals surface area (Å²) in [5, 5.41) is 5.16. The van der Waals surface area contributed by atoms with Gasteiger partial charge in [0, 0.05) is 36.5 Å². The van der Waals surface area contributed by atoms with Crippen LogP contribution in [-0.4, -0.2) is 52.2 Å². The number of hydrogen-bond donors (Lipinski definition) is 1. The molecular weight excluding hydrogens is 532 g/mol. The molecule has 3 aliphatic rings. The molecule has 0 amide bonds. The maximum atomic E-state index is 6.27. The number of fused-ring (bicyclic) bond motifs is 2. The number of hydrogen-bond acceptors (Lipinski definition) is 6. The number of benzene rings is 3. The molecule has 1 aromatic heterocycles. The Kier molecular flexibility index (Phi) is 7.90. The molecule has 2 aliphatic heterocycles. The number of rotatable bonds is 7. The van der Waals surface area contributed by atoms with Gasteiger partial charge in [0.1, 0.15) is 5.69 Å². The van der Waals surface area contributed by atoms with Crippen LogP contribution in [0.25, 0.3) is 28.1 Å². The van der Waals surface area contributed by atoms with Crippen LogP contribution in [0.5, 0.6) is 5.88 Å². The van der Waals surface area contributed by atoms with Crippen LogP contribution in [0.4, 0.5) is 11.4 Å². The van der Waals surface area contributed by atoms with Crippen molar-refractivity contribution in [3.05, 3.63) is 89.4 Å². The Balaban J connectivity index is 1.53. The van der Waals surface area contributed by atoms with Crippen LogP contribution in [0.2, 0.25) is 5.02 Å². The largest absolute Gasteiger partial charge is 0.480 e. The molecule has 0 spiro atoms. The lowest BCUT2D eigenvalue weighted by molar-refractivity contribution is 0.192.